The van der Waals surface area contributed by atoms with E-state index in [0.29, 0.717) is 0 Å². The first-order valence-corrected chi connectivity index (χ1v) is 7.14. The Morgan fingerprint density at radius 1 is 0.947 bits per heavy atom. The van der Waals surface area contributed by atoms with Gasteiger partial charge in [0.25, 0.3) is 0 Å². The molecule has 0 saturated heterocycles. The maximum absolute atomic E-state index is 6.11. The second kappa shape index (κ2) is 7.32. The summed E-state index contributed by atoms with van der Waals surface area (Å²) in [5.41, 5.74) is 4.00. The van der Waals surface area contributed by atoms with E-state index in [1.165, 1.54) is 16.7 Å². The maximum Gasteiger partial charge on any atom is 0.0450 e. The molecule has 0 heterocycles. The molecule has 0 saturated carbocycles. The van der Waals surface area contributed by atoms with Crippen molar-refractivity contribution in [2.75, 3.05) is 6.54 Å². The highest BCUT2D eigenvalue weighted by atomic mass is 35.5. The normalized spacial score (nSPS) is 10.6. The van der Waals surface area contributed by atoms with Crippen molar-refractivity contribution >= 4 is 11.6 Å². The van der Waals surface area contributed by atoms with Crippen LogP contribution in [0.3, 0.4) is 0 Å². The molecule has 2 aromatic rings. The fourth-order valence-corrected chi connectivity index (χ4v) is 2.36. The fraction of sp³-hybridized carbons (Fsp3) is 0.294. The van der Waals surface area contributed by atoms with E-state index in [4.69, 9.17) is 11.6 Å². The molecule has 0 aliphatic heterocycles. The molecule has 0 spiro atoms. The average Bonchev–Trinajstić information content (AvgIpc) is 2.42. The minimum absolute atomic E-state index is 0.841. The van der Waals surface area contributed by atoms with Gasteiger partial charge in [-0.2, -0.15) is 0 Å². The van der Waals surface area contributed by atoms with Gasteiger partial charge in [-0.1, -0.05) is 54.1 Å². The van der Waals surface area contributed by atoms with Crippen LogP contribution in [0.2, 0.25) is 5.02 Å². The van der Waals surface area contributed by atoms with Gasteiger partial charge >= 0.3 is 0 Å². The Labute approximate surface area is 120 Å². The second-order valence-electron chi connectivity index (χ2n) is 4.80. The maximum atomic E-state index is 6.11. The van der Waals surface area contributed by atoms with E-state index in [0.717, 1.165) is 31.0 Å². The zero-order valence-corrected chi connectivity index (χ0v) is 12.1. The van der Waals surface area contributed by atoms with Crippen molar-refractivity contribution in [3.05, 3.63) is 70.2 Å². The van der Waals surface area contributed by atoms with Crippen LogP contribution < -0.4 is 5.32 Å². The van der Waals surface area contributed by atoms with Gasteiger partial charge in [0.2, 0.25) is 0 Å². The molecule has 0 aliphatic rings. The van der Waals surface area contributed by atoms with E-state index in [2.05, 4.69) is 42.6 Å². The van der Waals surface area contributed by atoms with E-state index >= 15 is 0 Å². The van der Waals surface area contributed by atoms with Gasteiger partial charge in [-0.3, -0.25) is 0 Å². The van der Waals surface area contributed by atoms with Crippen molar-refractivity contribution in [1.29, 1.82) is 0 Å². The van der Waals surface area contributed by atoms with E-state index in [-0.39, 0.29) is 0 Å². The molecule has 0 amide bonds. The van der Waals surface area contributed by atoms with Crippen LogP contribution in [0.15, 0.2) is 48.5 Å². The molecule has 2 heteroatoms. The highest BCUT2D eigenvalue weighted by molar-refractivity contribution is 6.31. The van der Waals surface area contributed by atoms with E-state index < -0.39 is 0 Å². The smallest absolute Gasteiger partial charge is 0.0450 e. The van der Waals surface area contributed by atoms with Crippen LogP contribution in [-0.2, 0) is 13.0 Å². The number of rotatable bonds is 6. The summed E-state index contributed by atoms with van der Waals surface area (Å²) in [4.78, 5) is 0. The molecule has 1 nitrogen and oxygen atoms in total. The summed E-state index contributed by atoms with van der Waals surface area (Å²) in [5, 5.41) is 4.29. The molecule has 100 valence electrons. The first kappa shape index (κ1) is 14.1. The van der Waals surface area contributed by atoms with Crippen LogP contribution in [0.1, 0.15) is 23.1 Å². The van der Waals surface area contributed by atoms with E-state index in [1.807, 2.05) is 18.2 Å². The van der Waals surface area contributed by atoms with Crippen LogP contribution in [0.25, 0.3) is 0 Å². The number of halogens is 1. The molecule has 0 radical (unpaired) electrons. The molecule has 2 rings (SSSR count). The Morgan fingerprint density at radius 2 is 1.63 bits per heavy atom. The summed E-state index contributed by atoms with van der Waals surface area (Å²) < 4.78 is 0. The first-order valence-electron chi connectivity index (χ1n) is 6.76. The minimum atomic E-state index is 0.841. The quantitative estimate of drug-likeness (QED) is 0.771. The molecule has 0 aliphatic carbocycles. The van der Waals surface area contributed by atoms with Crippen LogP contribution >= 0.6 is 11.6 Å². The van der Waals surface area contributed by atoms with Gasteiger partial charge < -0.3 is 5.32 Å². The molecule has 0 unspecified atom stereocenters. The van der Waals surface area contributed by atoms with Crippen molar-refractivity contribution in [3.63, 3.8) is 0 Å². The lowest BCUT2D eigenvalue weighted by atomic mass is 10.0. The Bertz CT molecular complexity index is 475. The molecule has 1 N–H and O–H groups in total. The second-order valence-corrected chi connectivity index (χ2v) is 5.21. The fourth-order valence-electron chi connectivity index (χ4n) is 2.16. The van der Waals surface area contributed by atoms with Gasteiger partial charge in [-0.15, -0.1) is 0 Å². The lowest BCUT2D eigenvalue weighted by Crippen LogP contribution is -2.15. The summed E-state index contributed by atoms with van der Waals surface area (Å²) in [6.45, 7) is 4.03. The summed E-state index contributed by atoms with van der Waals surface area (Å²) in [5.74, 6) is 0. The summed E-state index contributed by atoms with van der Waals surface area (Å²) >= 11 is 6.11. The molecule has 0 fully saturated rings. The SMILES string of the molecule is Cc1ccccc1CCCNCc1ccccc1Cl. The number of benzene rings is 2. The van der Waals surface area contributed by atoms with Gasteiger partial charge in [-0.05, 0) is 49.1 Å². The predicted molar refractivity (Wildman–Crippen MR) is 82.7 cm³/mol. The topological polar surface area (TPSA) is 12.0 Å². The zero-order chi connectivity index (χ0) is 13.5. The summed E-state index contributed by atoms with van der Waals surface area (Å²) in [6, 6.07) is 16.6. The van der Waals surface area contributed by atoms with Crippen molar-refractivity contribution in [3.8, 4) is 0 Å². The number of aryl methyl sites for hydroxylation is 2. The van der Waals surface area contributed by atoms with Crippen molar-refractivity contribution < 1.29 is 0 Å². The standard InChI is InChI=1S/C17H20ClN/c1-14-7-2-3-8-15(14)10-6-12-19-13-16-9-4-5-11-17(16)18/h2-5,7-9,11,19H,6,10,12-13H2,1H3. The zero-order valence-electron chi connectivity index (χ0n) is 11.3. The van der Waals surface area contributed by atoms with Gasteiger partial charge in [0.15, 0.2) is 0 Å². The Hall–Kier alpha value is -1.31. The van der Waals surface area contributed by atoms with Crippen LogP contribution in [-0.4, -0.2) is 6.54 Å². The third kappa shape index (κ3) is 4.38. The van der Waals surface area contributed by atoms with Crippen LogP contribution in [0.4, 0.5) is 0 Å². The molecular formula is C17H20ClN. The van der Waals surface area contributed by atoms with Crippen molar-refractivity contribution in [1.82, 2.24) is 5.32 Å². The van der Waals surface area contributed by atoms with Crippen molar-refractivity contribution in [2.45, 2.75) is 26.3 Å². The highest BCUT2D eigenvalue weighted by Crippen LogP contribution is 2.14. The lowest BCUT2D eigenvalue weighted by Gasteiger charge is -2.08. The van der Waals surface area contributed by atoms with Gasteiger partial charge in [0.1, 0.15) is 0 Å². The molecule has 0 aromatic heterocycles. The van der Waals surface area contributed by atoms with Crippen molar-refractivity contribution in [2.24, 2.45) is 0 Å². The highest BCUT2D eigenvalue weighted by Gasteiger charge is 1.99. The molecule has 19 heavy (non-hydrogen) atoms. The third-order valence-corrected chi connectivity index (χ3v) is 3.70. The average molecular weight is 274 g/mol. The van der Waals surface area contributed by atoms with Gasteiger partial charge in [0.05, 0.1) is 0 Å². The number of hydrogen-bond donors (Lipinski definition) is 1. The lowest BCUT2D eigenvalue weighted by molar-refractivity contribution is 0.649. The van der Waals surface area contributed by atoms with E-state index in [9.17, 15) is 0 Å². The van der Waals surface area contributed by atoms with Gasteiger partial charge in [0, 0.05) is 11.6 Å². The predicted octanol–water partition coefficient (Wildman–Crippen LogP) is 4.37. The number of nitrogens with one attached hydrogen (secondary N) is 1. The van der Waals surface area contributed by atoms with Gasteiger partial charge in [-0.25, -0.2) is 0 Å². The first-order chi connectivity index (χ1) is 9.27. The Balaban J connectivity index is 1.71. The van der Waals surface area contributed by atoms with Crippen LogP contribution in [0.5, 0.6) is 0 Å². The Morgan fingerprint density at radius 3 is 2.37 bits per heavy atom. The minimum Gasteiger partial charge on any atom is -0.313 e. The van der Waals surface area contributed by atoms with Crippen LogP contribution in [0, 0.1) is 6.92 Å². The third-order valence-electron chi connectivity index (χ3n) is 3.33. The molecule has 2 aromatic carbocycles. The summed E-state index contributed by atoms with van der Waals surface area (Å²) in [7, 11) is 0. The Kier molecular flexibility index (Phi) is 5.44. The molecule has 0 atom stereocenters. The summed E-state index contributed by atoms with van der Waals surface area (Å²) in [6.07, 6.45) is 2.28. The van der Waals surface area contributed by atoms with E-state index in [1.54, 1.807) is 0 Å². The molecular weight excluding hydrogens is 254 g/mol. The molecule has 0 bridgehead atoms. The largest absolute Gasteiger partial charge is 0.313 e. The number of hydrogen-bond acceptors (Lipinski definition) is 1. The monoisotopic (exact) mass is 273 g/mol.